The number of carbonyl (C=O) groups is 3. The van der Waals surface area contributed by atoms with Gasteiger partial charge in [0.1, 0.15) is 0 Å². The lowest BCUT2D eigenvalue weighted by molar-refractivity contribution is -0.147. The molecule has 2 aliphatic heterocycles. The SMILES string of the molecule is Cc1cc(NC(=O)C2=C[C@@H](c3ccccc3)C[C@@H](OCc3ccc(CO)cc3)O2)ccc1N1C(=O)c2ccc(Cl)cc2C1=O. The lowest BCUT2D eigenvalue weighted by Crippen LogP contribution is -2.30. The summed E-state index contributed by atoms with van der Waals surface area (Å²) >= 11 is 6.05. The number of amides is 3. The molecule has 0 radical (unpaired) electrons. The van der Waals surface area contributed by atoms with Crippen LogP contribution in [0.15, 0.2) is 103 Å². The average molecular weight is 609 g/mol. The number of halogens is 1. The Bertz CT molecular complexity index is 1770. The Morgan fingerprint density at radius 2 is 1.68 bits per heavy atom. The number of nitrogens with one attached hydrogen (secondary N) is 1. The van der Waals surface area contributed by atoms with E-state index in [0.717, 1.165) is 21.6 Å². The Balaban J connectivity index is 1.18. The summed E-state index contributed by atoms with van der Waals surface area (Å²) < 4.78 is 12.1. The van der Waals surface area contributed by atoms with Crippen LogP contribution in [0.3, 0.4) is 0 Å². The van der Waals surface area contributed by atoms with Gasteiger partial charge in [0.05, 0.1) is 30.0 Å². The van der Waals surface area contributed by atoms with Crippen LogP contribution in [0, 0.1) is 6.92 Å². The number of allylic oxidation sites excluding steroid dienone is 1. The number of anilines is 2. The van der Waals surface area contributed by atoms with Gasteiger partial charge >= 0.3 is 0 Å². The highest BCUT2D eigenvalue weighted by Gasteiger charge is 2.37. The second-order valence-corrected chi connectivity index (χ2v) is 11.1. The molecule has 0 aliphatic carbocycles. The van der Waals surface area contributed by atoms with Gasteiger partial charge in [0, 0.05) is 23.0 Å². The standard InChI is InChI=1S/C35H29ClN2O6/c1-21-15-27(12-14-30(21)38-34(41)28-13-11-26(36)18-29(28)35(38)42)37-33(40)31-16-25(24-5-3-2-4-6-24)17-32(44-31)43-20-23-9-7-22(19-39)8-10-23/h2-16,18,25,32,39H,17,19-20H2,1H3,(H,37,40)/t25-,32+/m1/s1. The van der Waals surface area contributed by atoms with E-state index in [1.807, 2.05) is 54.6 Å². The van der Waals surface area contributed by atoms with Crippen LogP contribution in [0.2, 0.25) is 5.02 Å². The van der Waals surface area contributed by atoms with E-state index in [-0.39, 0.29) is 30.5 Å². The second kappa shape index (κ2) is 12.5. The summed E-state index contributed by atoms with van der Waals surface area (Å²) in [6.45, 7) is 2.01. The van der Waals surface area contributed by atoms with E-state index >= 15 is 0 Å². The smallest absolute Gasteiger partial charge is 0.290 e. The summed E-state index contributed by atoms with van der Waals surface area (Å²) in [5.74, 6) is -1.31. The zero-order valence-electron chi connectivity index (χ0n) is 23.8. The van der Waals surface area contributed by atoms with E-state index in [2.05, 4.69) is 5.32 Å². The molecule has 0 spiro atoms. The fraction of sp³-hybridized carbons (Fsp3) is 0.171. The normalized spacial score (nSPS) is 17.6. The third kappa shape index (κ3) is 6.01. The minimum atomic E-state index is -0.671. The number of carbonyl (C=O) groups excluding carboxylic acids is 3. The number of aryl methyl sites for hydroxylation is 1. The van der Waals surface area contributed by atoms with Crippen molar-refractivity contribution in [2.75, 3.05) is 10.2 Å². The van der Waals surface area contributed by atoms with Gasteiger partial charge < -0.3 is 19.9 Å². The maximum absolute atomic E-state index is 13.5. The Morgan fingerprint density at radius 1 is 0.955 bits per heavy atom. The molecule has 6 rings (SSSR count). The summed E-state index contributed by atoms with van der Waals surface area (Å²) in [4.78, 5) is 40.7. The van der Waals surface area contributed by atoms with Crippen LogP contribution in [0.4, 0.5) is 11.4 Å². The quantitative estimate of drug-likeness (QED) is 0.221. The van der Waals surface area contributed by atoms with Gasteiger partial charge in [0.15, 0.2) is 5.76 Å². The summed E-state index contributed by atoms with van der Waals surface area (Å²) in [6.07, 6.45) is 1.65. The van der Waals surface area contributed by atoms with Gasteiger partial charge in [-0.25, -0.2) is 4.90 Å². The largest absolute Gasteiger partial charge is 0.459 e. The second-order valence-electron chi connectivity index (χ2n) is 10.7. The summed E-state index contributed by atoms with van der Waals surface area (Å²) in [7, 11) is 0. The zero-order chi connectivity index (χ0) is 30.8. The first-order valence-corrected chi connectivity index (χ1v) is 14.5. The monoisotopic (exact) mass is 608 g/mol. The van der Waals surface area contributed by atoms with Crippen molar-refractivity contribution in [1.29, 1.82) is 0 Å². The molecule has 9 heteroatoms. The van der Waals surface area contributed by atoms with Gasteiger partial charge in [0.2, 0.25) is 6.29 Å². The lowest BCUT2D eigenvalue weighted by Gasteiger charge is -2.29. The summed E-state index contributed by atoms with van der Waals surface area (Å²) in [6, 6.07) is 26.9. The van der Waals surface area contributed by atoms with E-state index in [9.17, 15) is 19.5 Å². The summed E-state index contributed by atoms with van der Waals surface area (Å²) in [5, 5.41) is 12.6. The first-order valence-electron chi connectivity index (χ1n) is 14.1. The van der Waals surface area contributed by atoms with Crippen LogP contribution in [-0.2, 0) is 27.5 Å². The molecule has 4 aromatic rings. The van der Waals surface area contributed by atoms with Crippen LogP contribution in [0.25, 0.3) is 0 Å². The fourth-order valence-corrected chi connectivity index (χ4v) is 5.56. The number of ether oxygens (including phenoxy) is 2. The zero-order valence-corrected chi connectivity index (χ0v) is 24.6. The number of fused-ring (bicyclic) bond motifs is 1. The fourth-order valence-electron chi connectivity index (χ4n) is 5.39. The molecular formula is C35H29ClN2O6. The molecular weight excluding hydrogens is 580 g/mol. The third-order valence-corrected chi connectivity index (χ3v) is 7.93. The highest BCUT2D eigenvalue weighted by molar-refractivity contribution is 6.37. The van der Waals surface area contributed by atoms with Gasteiger partial charge in [-0.05, 0) is 71.7 Å². The Kier molecular flexibility index (Phi) is 8.30. The molecule has 0 unspecified atom stereocenters. The van der Waals surface area contributed by atoms with E-state index in [0.29, 0.717) is 33.9 Å². The van der Waals surface area contributed by atoms with E-state index < -0.39 is 24.0 Å². The number of benzene rings is 4. The maximum atomic E-state index is 13.5. The van der Waals surface area contributed by atoms with E-state index in [1.165, 1.54) is 6.07 Å². The molecule has 2 atom stereocenters. The van der Waals surface area contributed by atoms with Crippen molar-refractivity contribution < 1.29 is 29.0 Å². The van der Waals surface area contributed by atoms with Gasteiger partial charge in [-0.15, -0.1) is 0 Å². The van der Waals surface area contributed by atoms with Gasteiger partial charge in [0.25, 0.3) is 17.7 Å². The number of rotatable bonds is 8. The summed E-state index contributed by atoms with van der Waals surface area (Å²) in [5.41, 5.74) is 4.83. The molecule has 2 aliphatic rings. The molecule has 44 heavy (non-hydrogen) atoms. The van der Waals surface area contributed by atoms with Gasteiger partial charge in [-0.1, -0.05) is 66.2 Å². The van der Waals surface area contributed by atoms with Gasteiger partial charge in [-0.3, -0.25) is 14.4 Å². The average Bonchev–Trinajstić information content (AvgIpc) is 3.28. The van der Waals surface area contributed by atoms with Crippen molar-refractivity contribution in [3.63, 3.8) is 0 Å². The molecule has 2 N–H and O–H groups in total. The molecule has 0 saturated heterocycles. The molecule has 0 aromatic heterocycles. The van der Waals surface area contributed by atoms with Gasteiger partial charge in [-0.2, -0.15) is 0 Å². The highest BCUT2D eigenvalue weighted by Crippen LogP contribution is 2.35. The lowest BCUT2D eigenvalue weighted by atomic mass is 9.93. The van der Waals surface area contributed by atoms with Crippen molar-refractivity contribution in [3.05, 3.63) is 141 Å². The predicted octanol–water partition coefficient (Wildman–Crippen LogP) is 6.51. The van der Waals surface area contributed by atoms with Crippen molar-refractivity contribution in [2.24, 2.45) is 0 Å². The highest BCUT2D eigenvalue weighted by atomic mass is 35.5. The number of nitrogens with zero attached hydrogens (tertiary/aromatic N) is 1. The van der Waals surface area contributed by atoms with Crippen LogP contribution >= 0.6 is 11.6 Å². The van der Waals surface area contributed by atoms with Crippen LogP contribution in [0.5, 0.6) is 0 Å². The predicted molar refractivity (Wildman–Crippen MR) is 166 cm³/mol. The van der Waals surface area contributed by atoms with E-state index in [4.69, 9.17) is 21.1 Å². The third-order valence-electron chi connectivity index (χ3n) is 7.69. The van der Waals surface area contributed by atoms with Crippen molar-refractivity contribution in [1.82, 2.24) is 0 Å². The minimum Gasteiger partial charge on any atom is -0.459 e. The molecule has 4 aromatic carbocycles. The number of aliphatic hydroxyl groups is 1. The Morgan fingerprint density at radius 3 is 2.41 bits per heavy atom. The maximum Gasteiger partial charge on any atom is 0.290 e. The molecule has 0 saturated carbocycles. The number of imide groups is 1. The van der Waals surface area contributed by atoms with Crippen LogP contribution in [-0.4, -0.2) is 29.1 Å². The first kappa shape index (κ1) is 29.3. The minimum absolute atomic E-state index is 0.0325. The topological polar surface area (TPSA) is 105 Å². The van der Waals surface area contributed by atoms with Crippen molar-refractivity contribution in [2.45, 2.75) is 38.8 Å². The molecule has 222 valence electrons. The Hall–Kier alpha value is -4.76. The van der Waals surface area contributed by atoms with E-state index in [1.54, 1.807) is 43.3 Å². The van der Waals surface area contributed by atoms with Crippen molar-refractivity contribution in [3.8, 4) is 0 Å². The molecule has 0 fully saturated rings. The number of aliphatic hydroxyl groups excluding tert-OH is 1. The molecule has 2 heterocycles. The first-order chi connectivity index (χ1) is 21.3. The van der Waals surface area contributed by atoms with Crippen LogP contribution in [0.1, 0.15) is 55.3 Å². The Labute approximate surface area is 259 Å². The van der Waals surface area contributed by atoms with Crippen LogP contribution < -0.4 is 10.2 Å². The number of hydrogen-bond acceptors (Lipinski definition) is 6. The molecule has 8 nitrogen and oxygen atoms in total. The van der Waals surface area contributed by atoms with Crippen molar-refractivity contribution >= 4 is 40.7 Å². The molecule has 3 amide bonds. The molecule has 0 bridgehead atoms. The number of hydrogen-bond donors (Lipinski definition) is 2.